The van der Waals surface area contributed by atoms with Crippen molar-refractivity contribution in [1.29, 1.82) is 0 Å². The first-order valence-electron chi connectivity index (χ1n) is 16.9. The Bertz CT molecular complexity index is 1550. The number of carbonyl (C=O) groups is 2. The van der Waals surface area contributed by atoms with Gasteiger partial charge < -0.3 is 31.2 Å². The van der Waals surface area contributed by atoms with Crippen LogP contribution in [0.5, 0.6) is 11.5 Å². The van der Waals surface area contributed by atoms with Gasteiger partial charge in [-0.2, -0.15) is 0 Å². The number of aromatic nitrogens is 4. The Morgan fingerprint density at radius 2 is 0.943 bits per heavy atom. The summed E-state index contributed by atoms with van der Waals surface area (Å²) < 4.78 is 12.1. The summed E-state index contributed by atoms with van der Waals surface area (Å²) in [6, 6.07) is 13.2. The van der Waals surface area contributed by atoms with Gasteiger partial charge in [-0.25, -0.2) is 9.59 Å². The van der Waals surface area contributed by atoms with Crippen LogP contribution in [0.15, 0.2) is 73.3 Å². The molecule has 12 nitrogen and oxygen atoms in total. The second kappa shape index (κ2) is 29.0. The van der Waals surface area contributed by atoms with E-state index in [2.05, 4.69) is 72.1 Å². The number of rotatable bonds is 16. The molecule has 0 aliphatic rings. The molecule has 0 saturated carbocycles. The van der Waals surface area contributed by atoms with Crippen LogP contribution in [0.2, 0.25) is 0 Å². The predicted octanol–water partition coefficient (Wildman–Crippen LogP) is 10.4. The molecular weight excluding hydrogens is 802 g/mol. The predicted molar refractivity (Wildman–Crippen MR) is 213 cm³/mol. The van der Waals surface area contributed by atoms with Crippen LogP contribution in [0.25, 0.3) is 34.2 Å². The van der Waals surface area contributed by atoms with Crippen LogP contribution in [0, 0.1) is 0 Å². The smallest absolute Gasteiger partial charge is 0.696 e. The van der Waals surface area contributed by atoms with E-state index in [0.717, 1.165) is 46.7 Å². The molecule has 15 heteroatoms. The van der Waals surface area contributed by atoms with Crippen LogP contribution in [0.1, 0.15) is 99.8 Å². The molecule has 2 unspecified atom stereocenters. The van der Waals surface area contributed by atoms with Crippen LogP contribution in [-0.2, 0) is 19.5 Å². The largest absolute Gasteiger partial charge is 2.00 e. The van der Waals surface area contributed by atoms with Gasteiger partial charge in [0.05, 0.1) is 46.1 Å². The van der Waals surface area contributed by atoms with Crippen LogP contribution >= 0.6 is 24.4 Å². The number of nitrogens with zero attached hydrogens (tertiary/aromatic N) is 4. The van der Waals surface area contributed by atoms with Crippen LogP contribution in [0.4, 0.5) is 0 Å². The number of hydrogen-bond acceptors (Lipinski definition) is 10. The number of pyridine rings is 4. The van der Waals surface area contributed by atoms with Gasteiger partial charge in [-0.15, -0.1) is 35.4 Å². The molecule has 286 valence electrons. The van der Waals surface area contributed by atoms with Crippen molar-refractivity contribution >= 4 is 47.4 Å². The van der Waals surface area contributed by atoms with Gasteiger partial charge in [-0.1, -0.05) is 39.5 Å². The zero-order valence-corrected chi connectivity index (χ0v) is 33.8. The zero-order valence-electron chi connectivity index (χ0n) is 30.4. The first-order valence-corrected chi connectivity index (χ1v) is 17.8. The van der Waals surface area contributed by atoms with E-state index in [0.29, 0.717) is 11.4 Å². The molecule has 4 heterocycles. The maximum atomic E-state index is 10.8. The van der Waals surface area contributed by atoms with Crippen molar-refractivity contribution in [3.05, 3.63) is 95.9 Å². The topological polar surface area (TPSA) is 192 Å². The average Bonchev–Trinajstić information content (AvgIpc) is 3.13. The van der Waals surface area contributed by atoms with Gasteiger partial charge in [-0.05, 0) is 75.9 Å². The van der Waals surface area contributed by atoms with Gasteiger partial charge in [0.25, 0.3) is 0 Å². The maximum Gasteiger partial charge on any atom is 2.00 e. The van der Waals surface area contributed by atoms with E-state index in [4.69, 9.17) is 31.2 Å². The van der Waals surface area contributed by atoms with Crippen LogP contribution < -0.4 is 9.47 Å². The molecule has 0 radical (unpaired) electrons. The Hall–Kier alpha value is -4.46. The van der Waals surface area contributed by atoms with E-state index in [1.807, 2.05) is 24.3 Å². The van der Waals surface area contributed by atoms with Crippen molar-refractivity contribution < 1.29 is 48.8 Å². The molecule has 0 amide bonds. The van der Waals surface area contributed by atoms with E-state index in [1.165, 1.54) is 75.2 Å². The molecule has 4 N–H and O–H groups in total. The van der Waals surface area contributed by atoms with E-state index >= 15 is 0 Å². The normalized spacial score (nSPS) is 10.8. The van der Waals surface area contributed by atoms with Gasteiger partial charge in [-0.3, -0.25) is 19.9 Å². The van der Waals surface area contributed by atoms with Crippen LogP contribution in [-0.4, -0.2) is 65.3 Å². The molecule has 0 aromatic carbocycles. The van der Waals surface area contributed by atoms with E-state index in [-0.39, 0.29) is 42.8 Å². The second-order valence-electron chi connectivity index (χ2n) is 11.3. The number of carboxylic acids is 2. The van der Waals surface area contributed by atoms with Gasteiger partial charge in [0.1, 0.15) is 11.5 Å². The summed E-state index contributed by atoms with van der Waals surface area (Å²) in [4.78, 5) is 38.5. The molecular formula is C38H48N6O6RuS2. The molecule has 0 spiro atoms. The van der Waals surface area contributed by atoms with Crippen molar-refractivity contribution in [1.82, 2.24) is 19.9 Å². The number of nitrogens with one attached hydrogen (secondary N) is 2. The molecule has 0 bridgehead atoms. The minimum absolute atomic E-state index is 0. The Balaban J connectivity index is 0.000000927. The van der Waals surface area contributed by atoms with Crippen LogP contribution in [0.3, 0.4) is 0 Å². The quantitative estimate of drug-likeness (QED) is 0.0617. The fraction of sp³-hybridized carbons (Fsp3) is 0.368. The molecule has 0 aliphatic heterocycles. The first-order chi connectivity index (χ1) is 25.0. The summed E-state index contributed by atoms with van der Waals surface area (Å²) in [6.07, 6.45) is 16.2. The standard InChI is InChI=1S/C24H36N2O2.C12H8N2O4.2CH3NS.Ru/c1-5-7-9-11-19(3)27-21-13-15-25-23(17-21)24-18-22(14-16-26-24)28-20(4)12-10-8-6-2;15-11(16)7-1-3-13-9(5-7)10-6-8(12(17)18)2-4-14-10;2*2-1-3;/h13-20H,5-12H2,1-4H3;1-6H,(H,15,16)(H,17,18);2*1H,(H2,2,3);/q;;;;+2/p-2. The van der Waals surface area contributed by atoms with E-state index in [1.54, 1.807) is 12.4 Å². The Morgan fingerprint density at radius 1 is 0.642 bits per heavy atom. The molecule has 2 atom stereocenters. The third-order valence-electron chi connectivity index (χ3n) is 7.10. The fourth-order valence-corrected chi connectivity index (χ4v) is 4.60. The van der Waals surface area contributed by atoms with Gasteiger partial charge in [0.15, 0.2) is 0 Å². The SMILES string of the molecule is CCCCCC(C)Oc1ccnc(-c2cc(OC(C)CCCCC)ccn2)c1.O=C(O)c1ccnc(-c2cc(C(=O)O)ccn2)c1.[NH-]C=S.[NH-]C=S.[Ru+2]. The van der Waals surface area contributed by atoms with Gasteiger partial charge >= 0.3 is 31.4 Å². The van der Waals surface area contributed by atoms with Crippen molar-refractivity contribution in [2.45, 2.75) is 91.3 Å². The fourth-order valence-electron chi connectivity index (χ4n) is 4.60. The minimum atomic E-state index is -1.08. The number of ether oxygens (including phenoxy) is 2. The number of hydrogen-bond donors (Lipinski definition) is 2. The number of thiocarbonyl (C=S) groups is 2. The minimum Gasteiger partial charge on any atom is -0.696 e. The summed E-state index contributed by atoms with van der Waals surface area (Å²) in [6.45, 7) is 8.69. The molecule has 0 fully saturated rings. The number of unbranched alkanes of at least 4 members (excludes halogenated alkanes) is 4. The summed E-state index contributed by atoms with van der Waals surface area (Å²) >= 11 is 7.87. The maximum absolute atomic E-state index is 10.8. The zero-order chi connectivity index (χ0) is 38.7. The third kappa shape index (κ3) is 20.4. The summed E-state index contributed by atoms with van der Waals surface area (Å²) in [5.41, 5.74) is 15.9. The summed E-state index contributed by atoms with van der Waals surface area (Å²) in [5.74, 6) is -0.466. The van der Waals surface area contributed by atoms with Crippen molar-refractivity contribution in [3.63, 3.8) is 0 Å². The van der Waals surface area contributed by atoms with E-state index < -0.39 is 11.9 Å². The Kier molecular flexibility index (Phi) is 26.6. The number of aromatic carboxylic acids is 2. The summed E-state index contributed by atoms with van der Waals surface area (Å²) in [5, 5.41) is 17.7. The van der Waals surface area contributed by atoms with Crippen molar-refractivity contribution in [2.75, 3.05) is 0 Å². The molecule has 4 aromatic heterocycles. The molecule has 53 heavy (non-hydrogen) atoms. The van der Waals surface area contributed by atoms with Gasteiger partial charge in [0.2, 0.25) is 0 Å². The van der Waals surface area contributed by atoms with E-state index in [9.17, 15) is 9.59 Å². The second-order valence-corrected chi connectivity index (χ2v) is 11.8. The third-order valence-corrected chi connectivity index (χ3v) is 7.10. The monoisotopic (exact) mass is 850 g/mol. The first kappa shape index (κ1) is 48.5. The molecule has 4 aromatic rings. The van der Waals surface area contributed by atoms with Crippen molar-refractivity contribution in [3.8, 4) is 34.3 Å². The Morgan fingerprint density at radius 3 is 1.25 bits per heavy atom. The van der Waals surface area contributed by atoms with Gasteiger partial charge in [0, 0.05) is 36.9 Å². The molecule has 4 rings (SSSR count). The molecule has 0 saturated heterocycles. The summed E-state index contributed by atoms with van der Waals surface area (Å²) in [7, 11) is 0. The van der Waals surface area contributed by atoms with Crippen molar-refractivity contribution in [2.24, 2.45) is 0 Å². The average molecular weight is 850 g/mol. The molecule has 0 aliphatic carbocycles. The Labute approximate surface area is 335 Å². The number of carboxylic acid groups (broad SMARTS) is 2.